The van der Waals surface area contributed by atoms with E-state index in [9.17, 15) is 0 Å². The quantitative estimate of drug-likeness (QED) is 0.738. The van der Waals surface area contributed by atoms with Gasteiger partial charge in [0.2, 0.25) is 0 Å². The molecule has 2 heterocycles. The molecule has 1 aromatic carbocycles. The first kappa shape index (κ1) is 15.0. The summed E-state index contributed by atoms with van der Waals surface area (Å²) in [5.74, 6) is 2.12. The maximum absolute atomic E-state index is 6.13. The zero-order chi connectivity index (χ0) is 15.4. The number of rotatable bonds is 5. The molecule has 0 amide bonds. The molecule has 0 atom stereocenters. The van der Waals surface area contributed by atoms with Gasteiger partial charge in [-0.05, 0) is 36.0 Å². The Bertz CT molecular complexity index is 684. The largest absolute Gasteiger partial charge is 0.461 e. The van der Waals surface area contributed by atoms with E-state index in [1.165, 1.54) is 23.5 Å². The first-order valence-electron chi connectivity index (χ1n) is 7.78. The molecule has 22 heavy (non-hydrogen) atoms. The molecular weight excluding hydrogens is 292 g/mol. The van der Waals surface area contributed by atoms with Crippen LogP contribution in [0.4, 0.5) is 0 Å². The molecule has 0 N–H and O–H groups in total. The Morgan fingerprint density at radius 3 is 2.55 bits per heavy atom. The van der Waals surface area contributed by atoms with Crippen molar-refractivity contribution in [1.82, 2.24) is 9.59 Å². The van der Waals surface area contributed by atoms with Crippen molar-refractivity contribution in [2.45, 2.75) is 39.5 Å². The fourth-order valence-electron chi connectivity index (χ4n) is 2.71. The van der Waals surface area contributed by atoms with Crippen LogP contribution in [0.3, 0.4) is 0 Å². The van der Waals surface area contributed by atoms with E-state index in [1.807, 2.05) is 5.38 Å². The molecule has 114 valence electrons. The Kier molecular flexibility index (Phi) is 4.68. The highest BCUT2D eigenvalue weighted by molar-refractivity contribution is 7.03. The fraction of sp³-hybridized carbons (Fsp3) is 0.333. The highest BCUT2D eigenvalue weighted by atomic mass is 32.1. The lowest BCUT2D eigenvalue weighted by atomic mass is 10.00. The summed E-state index contributed by atoms with van der Waals surface area (Å²) in [7, 11) is 0. The van der Waals surface area contributed by atoms with Crippen molar-refractivity contribution in [3.8, 4) is 11.3 Å². The molecule has 0 unspecified atom stereocenters. The summed E-state index contributed by atoms with van der Waals surface area (Å²) in [6, 6.07) is 8.34. The van der Waals surface area contributed by atoms with Crippen molar-refractivity contribution in [1.29, 1.82) is 0 Å². The number of nitrogens with zero attached hydrogens (tertiary/aromatic N) is 2. The van der Waals surface area contributed by atoms with Crippen LogP contribution in [0.2, 0.25) is 0 Å². The normalized spacial score (nSPS) is 14.7. The number of hydrogen-bond donors (Lipinski definition) is 0. The third-order valence-electron chi connectivity index (χ3n) is 3.86. The summed E-state index contributed by atoms with van der Waals surface area (Å²) >= 11 is 1.37. The number of benzene rings is 1. The predicted molar refractivity (Wildman–Crippen MR) is 91.2 cm³/mol. The van der Waals surface area contributed by atoms with Crippen LogP contribution in [-0.4, -0.2) is 9.59 Å². The van der Waals surface area contributed by atoms with Gasteiger partial charge in [0.1, 0.15) is 17.2 Å². The Hall–Kier alpha value is -1.94. The summed E-state index contributed by atoms with van der Waals surface area (Å²) in [6.45, 7) is 4.37. The van der Waals surface area contributed by atoms with Crippen LogP contribution in [-0.2, 0) is 4.74 Å². The molecule has 1 aromatic heterocycles. The van der Waals surface area contributed by atoms with Gasteiger partial charge in [0, 0.05) is 22.9 Å². The van der Waals surface area contributed by atoms with Gasteiger partial charge >= 0.3 is 0 Å². The van der Waals surface area contributed by atoms with E-state index < -0.39 is 0 Å². The Morgan fingerprint density at radius 1 is 1.14 bits per heavy atom. The van der Waals surface area contributed by atoms with Crippen molar-refractivity contribution in [2.75, 3.05) is 0 Å². The monoisotopic (exact) mass is 312 g/mol. The van der Waals surface area contributed by atoms with Gasteiger partial charge in [0.25, 0.3) is 0 Å². The van der Waals surface area contributed by atoms with Crippen molar-refractivity contribution >= 4 is 17.3 Å². The molecule has 0 bridgehead atoms. The van der Waals surface area contributed by atoms with E-state index in [4.69, 9.17) is 4.74 Å². The third-order valence-corrected chi connectivity index (χ3v) is 4.36. The zero-order valence-corrected chi connectivity index (χ0v) is 13.8. The highest BCUT2D eigenvalue weighted by Crippen LogP contribution is 2.32. The minimum atomic E-state index is 0.925. The molecule has 0 fully saturated rings. The molecule has 1 aliphatic rings. The van der Waals surface area contributed by atoms with Gasteiger partial charge in [-0.3, -0.25) is 0 Å². The van der Waals surface area contributed by atoms with E-state index in [-0.39, 0.29) is 0 Å². The van der Waals surface area contributed by atoms with Gasteiger partial charge in [-0.2, -0.15) is 0 Å². The van der Waals surface area contributed by atoms with Crippen LogP contribution in [0, 0.1) is 0 Å². The molecule has 1 aliphatic heterocycles. The molecule has 0 radical (unpaired) electrons. The first-order chi connectivity index (χ1) is 10.8. The average molecular weight is 312 g/mol. The molecule has 3 rings (SSSR count). The van der Waals surface area contributed by atoms with Crippen molar-refractivity contribution < 1.29 is 4.74 Å². The van der Waals surface area contributed by atoms with Crippen molar-refractivity contribution in [3.05, 3.63) is 52.6 Å². The minimum Gasteiger partial charge on any atom is -0.461 e. The van der Waals surface area contributed by atoms with Crippen molar-refractivity contribution in [2.24, 2.45) is 0 Å². The predicted octanol–water partition coefficient (Wildman–Crippen LogP) is 5.43. The van der Waals surface area contributed by atoms with Gasteiger partial charge in [-0.1, -0.05) is 49.0 Å². The topological polar surface area (TPSA) is 35.0 Å². The molecule has 0 aliphatic carbocycles. The lowest BCUT2D eigenvalue weighted by Crippen LogP contribution is -2.03. The summed E-state index contributed by atoms with van der Waals surface area (Å²) in [6.07, 6.45) is 6.45. The summed E-state index contributed by atoms with van der Waals surface area (Å²) in [5.41, 5.74) is 4.58. The summed E-state index contributed by atoms with van der Waals surface area (Å²) < 4.78 is 10.0. The lowest BCUT2D eigenvalue weighted by Gasteiger charge is -2.21. The number of hydrogen-bond acceptors (Lipinski definition) is 4. The van der Waals surface area contributed by atoms with Crippen LogP contribution < -0.4 is 0 Å². The SMILES string of the molecule is CCCC1=C(CC)OC(c2ccc(-c3csnn3)cc2)=CC1. The summed E-state index contributed by atoms with van der Waals surface area (Å²) in [4.78, 5) is 0. The molecular formula is C18H20N2OS. The van der Waals surface area contributed by atoms with Crippen LogP contribution >= 0.6 is 11.5 Å². The van der Waals surface area contributed by atoms with E-state index in [0.717, 1.165) is 47.6 Å². The Balaban J connectivity index is 1.78. The molecule has 0 saturated heterocycles. The summed E-state index contributed by atoms with van der Waals surface area (Å²) in [5, 5.41) is 6.06. The first-order valence-corrected chi connectivity index (χ1v) is 8.62. The second kappa shape index (κ2) is 6.88. The standard InChI is InChI=1S/C18H20N2OS/c1-3-5-14-10-11-18(21-17(14)4-2)15-8-6-13(7-9-15)16-12-22-20-19-16/h6-9,11-12H,3-5,10H2,1-2H3. The molecule has 0 spiro atoms. The maximum atomic E-state index is 6.13. The highest BCUT2D eigenvalue weighted by Gasteiger charge is 2.15. The van der Waals surface area contributed by atoms with Gasteiger partial charge in [0.05, 0.1) is 0 Å². The van der Waals surface area contributed by atoms with E-state index in [2.05, 4.69) is 53.8 Å². The second-order valence-corrected chi connectivity index (χ2v) is 5.98. The maximum Gasteiger partial charge on any atom is 0.130 e. The van der Waals surface area contributed by atoms with Gasteiger partial charge in [0.15, 0.2) is 0 Å². The van der Waals surface area contributed by atoms with Crippen LogP contribution in [0.1, 0.15) is 45.1 Å². The van der Waals surface area contributed by atoms with Gasteiger partial charge in [-0.15, -0.1) is 5.10 Å². The van der Waals surface area contributed by atoms with Crippen LogP contribution in [0.25, 0.3) is 17.0 Å². The number of ether oxygens (including phenoxy) is 1. The minimum absolute atomic E-state index is 0.925. The van der Waals surface area contributed by atoms with Gasteiger partial charge < -0.3 is 4.74 Å². The van der Waals surface area contributed by atoms with E-state index in [1.54, 1.807) is 0 Å². The smallest absolute Gasteiger partial charge is 0.130 e. The Morgan fingerprint density at radius 2 is 1.91 bits per heavy atom. The van der Waals surface area contributed by atoms with E-state index in [0.29, 0.717) is 0 Å². The molecule has 4 heteroatoms. The zero-order valence-electron chi connectivity index (χ0n) is 13.0. The Labute approximate surface area is 135 Å². The average Bonchev–Trinajstić information content (AvgIpc) is 3.10. The van der Waals surface area contributed by atoms with Crippen LogP contribution in [0.5, 0.6) is 0 Å². The number of aromatic nitrogens is 2. The number of allylic oxidation sites excluding steroid dienone is 3. The lowest BCUT2D eigenvalue weighted by molar-refractivity contribution is 0.349. The second-order valence-electron chi connectivity index (χ2n) is 5.37. The van der Waals surface area contributed by atoms with Crippen LogP contribution in [0.15, 0.2) is 47.1 Å². The molecule has 2 aromatic rings. The van der Waals surface area contributed by atoms with Gasteiger partial charge in [-0.25, -0.2) is 0 Å². The third kappa shape index (κ3) is 3.12. The van der Waals surface area contributed by atoms with E-state index >= 15 is 0 Å². The van der Waals surface area contributed by atoms with Crippen molar-refractivity contribution in [3.63, 3.8) is 0 Å². The molecule has 0 saturated carbocycles. The molecule has 3 nitrogen and oxygen atoms in total. The fourth-order valence-corrected chi connectivity index (χ4v) is 3.18.